The van der Waals surface area contributed by atoms with Gasteiger partial charge in [-0.25, -0.2) is 4.79 Å². The maximum atomic E-state index is 11.2. The van der Waals surface area contributed by atoms with Gasteiger partial charge in [-0.3, -0.25) is 0 Å². The number of aromatic carboxylic acids is 1. The number of carboxylic acid groups (broad SMARTS) is 1. The number of azo groups is 1. The van der Waals surface area contributed by atoms with E-state index in [4.69, 9.17) is 18.9 Å². The topological polar surface area (TPSA) is 98.9 Å². The van der Waals surface area contributed by atoms with Crippen LogP contribution in [-0.2, 0) is 0 Å². The van der Waals surface area contributed by atoms with E-state index in [1.807, 2.05) is 0 Å². The third-order valence-electron chi connectivity index (χ3n) is 3.34. The van der Waals surface area contributed by atoms with Crippen LogP contribution in [0.15, 0.2) is 40.6 Å². The Hall–Kier alpha value is -3.29. The largest absolute Gasteiger partial charge is 0.496 e. The molecular weight excluding hydrogens is 328 g/mol. The molecular formula is C17H18N2O6. The van der Waals surface area contributed by atoms with E-state index in [1.165, 1.54) is 40.6 Å². The van der Waals surface area contributed by atoms with Crippen molar-refractivity contribution in [1.29, 1.82) is 0 Å². The Kier molecular flexibility index (Phi) is 5.78. The predicted octanol–water partition coefficient (Wildman–Crippen LogP) is 3.83. The highest BCUT2D eigenvalue weighted by molar-refractivity contribution is 5.91. The van der Waals surface area contributed by atoms with Crippen molar-refractivity contribution in [3.05, 3.63) is 35.9 Å². The summed E-state index contributed by atoms with van der Waals surface area (Å²) in [7, 11) is 5.91. The average Bonchev–Trinajstić information content (AvgIpc) is 2.64. The van der Waals surface area contributed by atoms with Gasteiger partial charge in [0.2, 0.25) is 5.75 Å². The summed E-state index contributed by atoms with van der Waals surface area (Å²) in [5.41, 5.74) is 0.831. The van der Waals surface area contributed by atoms with E-state index in [2.05, 4.69) is 10.2 Å². The Bertz CT molecular complexity index is 779. The summed E-state index contributed by atoms with van der Waals surface area (Å²) in [4.78, 5) is 11.2. The van der Waals surface area contributed by atoms with Gasteiger partial charge in [-0.1, -0.05) is 0 Å². The maximum absolute atomic E-state index is 11.2. The van der Waals surface area contributed by atoms with E-state index in [0.29, 0.717) is 28.6 Å². The molecule has 0 aliphatic rings. The number of nitrogens with zero attached hydrogens (tertiary/aromatic N) is 2. The Morgan fingerprint density at radius 2 is 1.36 bits per heavy atom. The molecule has 0 saturated carbocycles. The number of benzene rings is 2. The van der Waals surface area contributed by atoms with Crippen LogP contribution in [-0.4, -0.2) is 39.5 Å². The Morgan fingerprint density at radius 1 is 0.800 bits per heavy atom. The lowest BCUT2D eigenvalue weighted by molar-refractivity contribution is 0.0693. The lowest BCUT2D eigenvalue weighted by Crippen LogP contribution is -1.99. The van der Waals surface area contributed by atoms with E-state index in [1.54, 1.807) is 18.2 Å². The standard InChI is InChI=1S/C17H18N2O6/c1-22-13-6-5-10(7-12(13)17(20)21)18-19-11-8-14(23-2)16(25-4)15(9-11)24-3/h5-9H,1-4H3,(H,20,21). The van der Waals surface area contributed by atoms with Crippen LogP contribution in [0.25, 0.3) is 0 Å². The first-order valence-corrected chi connectivity index (χ1v) is 7.17. The highest BCUT2D eigenvalue weighted by atomic mass is 16.5. The van der Waals surface area contributed by atoms with Crippen molar-refractivity contribution in [3.63, 3.8) is 0 Å². The van der Waals surface area contributed by atoms with Crippen LogP contribution in [0, 0.1) is 0 Å². The SMILES string of the molecule is COc1ccc(N=Nc2cc(OC)c(OC)c(OC)c2)cc1C(=O)O. The lowest BCUT2D eigenvalue weighted by atomic mass is 10.2. The first-order chi connectivity index (χ1) is 12.0. The van der Waals surface area contributed by atoms with Gasteiger partial charge in [-0.05, 0) is 18.2 Å². The highest BCUT2D eigenvalue weighted by Crippen LogP contribution is 2.41. The van der Waals surface area contributed by atoms with Crippen LogP contribution in [0.4, 0.5) is 11.4 Å². The van der Waals surface area contributed by atoms with Gasteiger partial charge < -0.3 is 24.1 Å². The molecule has 1 N–H and O–H groups in total. The van der Waals surface area contributed by atoms with Gasteiger partial charge in [0, 0.05) is 12.1 Å². The van der Waals surface area contributed by atoms with Crippen LogP contribution in [0.5, 0.6) is 23.0 Å². The highest BCUT2D eigenvalue weighted by Gasteiger charge is 2.14. The van der Waals surface area contributed by atoms with Crippen molar-refractivity contribution < 1.29 is 28.8 Å². The van der Waals surface area contributed by atoms with Gasteiger partial charge >= 0.3 is 5.97 Å². The second-order valence-electron chi connectivity index (χ2n) is 4.77. The second kappa shape index (κ2) is 8.00. The van der Waals surface area contributed by atoms with Crippen molar-refractivity contribution in [3.8, 4) is 23.0 Å². The fourth-order valence-electron chi connectivity index (χ4n) is 2.17. The van der Waals surface area contributed by atoms with Crippen LogP contribution >= 0.6 is 0 Å². The number of methoxy groups -OCH3 is 4. The lowest BCUT2D eigenvalue weighted by Gasteiger charge is -2.12. The number of carboxylic acids is 1. The molecule has 2 aromatic carbocycles. The van der Waals surface area contributed by atoms with Crippen molar-refractivity contribution in [2.45, 2.75) is 0 Å². The molecule has 2 aromatic rings. The molecule has 0 amide bonds. The van der Waals surface area contributed by atoms with Gasteiger partial charge in [0.05, 0.1) is 39.8 Å². The van der Waals surface area contributed by atoms with Gasteiger partial charge in [-0.2, -0.15) is 10.2 Å². The second-order valence-corrected chi connectivity index (χ2v) is 4.77. The summed E-state index contributed by atoms with van der Waals surface area (Å²) in [5, 5.41) is 17.4. The average molecular weight is 346 g/mol. The molecule has 0 heterocycles. The fraction of sp³-hybridized carbons (Fsp3) is 0.235. The molecule has 0 unspecified atom stereocenters. The molecule has 0 atom stereocenters. The van der Waals surface area contributed by atoms with E-state index in [-0.39, 0.29) is 11.3 Å². The molecule has 2 rings (SSSR count). The van der Waals surface area contributed by atoms with Gasteiger partial charge in [0.25, 0.3) is 0 Å². The summed E-state index contributed by atoms with van der Waals surface area (Å²) < 4.78 is 20.8. The molecule has 0 fully saturated rings. The summed E-state index contributed by atoms with van der Waals surface area (Å²) in [6.07, 6.45) is 0. The molecule has 8 heteroatoms. The first kappa shape index (κ1) is 18.1. The molecule has 0 aliphatic carbocycles. The zero-order valence-electron chi connectivity index (χ0n) is 14.3. The number of ether oxygens (including phenoxy) is 4. The van der Waals surface area contributed by atoms with Crippen LogP contribution in [0.2, 0.25) is 0 Å². The third kappa shape index (κ3) is 3.97. The molecule has 0 saturated heterocycles. The molecule has 8 nitrogen and oxygen atoms in total. The Morgan fingerprint density at radius 3 is 1.84 bits per heavy atom. The normalized spacial score (nSPS) is 10.6. The van der Waals surface area contributed by atoms with E-state index >= 15 is 0 Å². The van der Waals surface area contributed by atoms with Gasteiger partial charge in [0.1, 0.15) is 11.3 Å². The van der Waals surface area contributed by atoms with Crippen molar-refractivity contribution in [2.24, 2.45) is 10.2 Å². The van der Waals surface area contributed by atoms with Crippen molar-refractivity contribution in [2.75, 3.05) is 28.4 Å². The van der Waals surface area contributed by atoms with Gasteiger partial charge in [-0.15, -0.1) is 0 Å². The molecule has 0 aliphatic heterocycles. The summed E-state index contributed by atoms with van der Waals surface area (Å²) in [5.74, 6) is 0.469. The maximum Gasteiger partial charge on any atom is 0.339 e. The van der Waals surface area contributed by atoms with Crippen LogP contribution in [0.3, 0.4) is 0 Å². The summed E-state index contributed by atoms with van der Waals surface area (Å²) in [6, 6.07) is 7.77. The zero-order valence-corrected chi connectivity index (χ0v) is 14.3. The summed E-state index contributed by atoms with van der Waals surface area (Å²) in [6.45, 7) is 0. The number of carbonyl (C=O) groups is 1. The number of hydrogen-bond acceptors (Lipinski definition) is 7. The quantitative estimate of drug-likeness (QED) is 0.765. The molecule has 25 heavy (non-hydrogen) atoms. The van der Waals surface area contributed by atoms with E-state index < -0.39 is 5.97 Å². The Balaban J connectivity index is 2.39. The van der Waals surface area contributed by atoms with Crippen molar-refractivity contribution >= 4 is 17.3 Å². The zero-order chi connectivity index (χ0) is 18.4. The minimum atomic E-state index is -1.11. The molecule has 132 valence electrons. The monoisotopic (exact) mass is 346 g/mol. The number of rotatable bonds is 7. The minimum Gasteiger partial charge on any atom is -0.496 e. The Labute approximate surface area is 144 Å². The molecule has 0 radical (unpaired) electrons. The molecule has 0 spiro atoms. The summed E-state index contributed by atoms with van der Waals surface area (Å²) >= 11 is 0. The third-order valence-corrected chi connectivity index (χ3v) is 3.34. The van der Waals surface area contributed by atoms with Crippen LogP contribution < -0.4 is 18.9 Å². The number of hydrogen-bond donors (Lipinski definition) is 1. The fourth-order valence-corrected chi connectivity index (χ4v) is 2.17. The van der Waals surface area contributed by atoms with Crippen LogP contribution in [0.1, 0.15) is 10.4 Å². The minimum absolute atomic E-state index is 0.00356. The predicted molar refractivity (Wildman–Crippen MR) is 90.2 cm³/mol. The van der Waals surface area contributed by atoms with Gasteiger partial charge in [0.15, 0.2) is 11.5 Å². The van der Waals surface area contributed by atoms with Crippen molar-refractivity contribution in [1.82, 2.24) is 0 Å². The molecule has 0 aromatic heterocycles. The smallest absolute Gasteiger partial charge is 0.339 e. The molecule has 0 bridgehead atoms. The van der Waals surface area contributed by atoms with E-state index in [9.17, 15) is 9.90 Å². The van der Waals surface area contributed by atoms with E-state index in [0.717, 1.165) is 0 Å². The first-order valence-electron chi connectivity index (χ1n) is 7.17.